The van der Waals surface area contributed by atoms with Gasteiger partial charge in [-0.15, -0.1) is 0 Å². The number of hydrogen-bond acceptors (Lipinski definition) is 4. The summed E-state index contributed by atoms with van der Waals surface area (Å²) in [6, 6.07) is 1.53. The lowest BCUT2D eigenvalue weighted by molar-refractivity contribution is -0.138. The fourth-order valence-corrected chi connectivity index (χ4v) is 1.53. The van der Waals surface area contributed by atoms with E-state index in [4.69, 9.17) is 9.52 Å². The SMILES string of the molecule is CC(CNC(=O)CCNC(=O)c1ccoc1)CC(=O)O. The summed E-state index contributed by atoms with van der Waals surface area (Å²) in [7, 11) is 0. The fraction of sp³-hybridized carbons (Fsp3) is 0.462. The average molecular weight is 282 g/mol. The lowest BCUT2D eigenvalue weighted by Crippen LogP contribution is -2.33. The van der Waals surface area contributed by atoms with E-state index < -0.39 is 5.97 Å². The number of amides is 2. The number of furan rings is 1. The van der Waals surface area contributed by atoms with Gasteiger partial charge in [0.05, 0.1) is 11.8 Å². The predicted octanol–water partition coefficient (Wildman–Crippen LogP) is 0.626. The van der Waals surface area contributed by atoms with E-state index in [9.17, 15) is 14.4 Å². The Bertz CT molecular complexity index is 455. The van der Waals surface area contributed by atoms with Crippen molar-refractivity contribution in [3.63, 3.8) is 0 Å². The molecule has 3 N–H and O–H groups in total. The highest BCUT2D eigenvalue weighted by atomic mass is 16.4. The molecule has 1 heterocycles. The summed E-state index contributed by atoms with van der Waals surface area (Å²) in [6.07, 6.45) is 2.87. The van der Waals surface area contributed by atoms with Crippen LogP contribution in [0.2, 0.25) is 0 Å². The molecule has 1 aromatic rings. The van der Waals surface area contributed by atoms with Gasteiger partial charge in [-0.3, -0.25) is 14.4 Å². The molecule has 0 radical (unpaired) electrons. The molecule has 110 valence electrons. The van der Waals surface area contributed by atoms with Crippen molar-refractivity contribution in [2.24, 2.45) is 5.92 Å². The highest BCUT2D eigenvalue weighted by molar-refractivity contribution is 5.94. The molecule has 0 aliphatic carbocycles. The summed E-state index contributed by atoms with van der Waals surface area (Å²) in [5, 5.41) is 13.8. The summed E-state index contributed by atoms with van der Waals surface area (Å²) >= 11 is 0. The summed E-state index contributed by atoms with van der Waals surface area (Å²) < 4.78 is 4.77. The Morgan fingerprint density at radius 1 is 1.35 bits per heavy atom. The van der Waals surface area contributed by atoms with E-state index in [1.807, 2.05) is 0 Å². The van der Waals surface area contributed by atoms with Crippen LogP contribution in [-0.4, -0.2) is 36.0 Å². The van der Waals surface area contributed by atoms with Crippen molar-refractivity contribution in [3.05, 3.63) is 24.2 Å². The number of carbonyl (C=O) groups is 3. The molecule has 0 aromatic carbocycles. The molecule has 0 bridgehead atoms. The summed E-state index contributed by atoms with van der Waals surface area (Å²) in [5.74, 6) is -1.54. The summed E-state index contributed by atoms with van der Waals surface area (Å²) in [6.45, 7) is 2.26. The van der Waals surface area contributed by atoms with E-state index in [2.05, 4.69) is 10.6 Å². The van der Waals surface area contributed by atoms with Crippen LogP contribution in [0.15, 0.2) is 23.0 Å². The van der Waals surface area contributed by atoms with Crippen LogP contribution >= 0.6 is 0 Å². The maximum Gasteiger partial charge on any atom is 0.303 e. The van der Waals surface area contributed by atoms with Crippen LogP contribution in [0.3, 0.4) is 0 Å². The molecule has 1 aromatic heterocycles. The van der Waals surface area contributed by atoms with Crippen LogP contribution in [0.4, 0.5) is 0 Å². The lowest BCUT2D eigenvalue weighted by atomic mass is 10.1. The highest BCUT2D eigenvalue weighted by Gasteiger charge is 2.10. The van der Waals surface area contributed by atoms with E-state index in [-0.39, 0.29) is 37.1 Å². The highest BCUT2D eigenvalue weighted by Crippen LogP contribution is 2.00. The second-order valence-electron chi connectivity index (χ2n) is 4.53. The van der Waals surface area contributed by atoms with Crippen molar-refractivity contribution in [1.29, 1.82) is 0 Å². The van der Waals surface area contributed by atoms with Crippen LogP contribution in [0.5, 0.6) is 0 Å². The first-order valence-electron chi connectivity index (χ1n) is 6.28. The average Bonchev–Trinajstić information content (AvgIpc) is 2.89. The zero-order valence-corrected chi connectivity index (χ0v) is 11.2. The van der Waals surface area contributed by atoms with E-state index in [0.29, 0.717) is 12.1 Å². The Kier molecular flexibility index (Phi) is 6.28. The molecule has 0 spiro atoms. The maximum atomic E-state index is 11.5. The van der Waals surface area contributed by atoms with Gasteiger partial charge in [-0.05, 0) is 12.0 Å². The standard InChI is InChI=1S/C13H18N2O5/c1-9(6-12(17)18)7-15-11(16)2-4-14-13(19)10-3-5-20-8-10/h3,5,8-9H,2,4,6-7H2,1H3,(H,14,19)(H,15,16)(H,17,18). The Morgan fingerprint density at radius 2 is 2.10 bits per heavy atom. The predicted molar refractivity (Wildman–Crippen MR) is 70.1 cm³/mol. The molecule has 0 aliphatic rings. The fourth-order valence-electron chi connectivity index (χ4n) is 1.53. The first-order chi connectivity index (χ1) is 9.49. The van der Waals surface area contributed by atoms with Gasteiger partial charge in [0, 0.05) is 25.9 Å². The Hall–Kier alpha value is -2.31. The lowest BCUT2D eigenvalue weighted by Gasteiger charge is -2.10. The molecule has 7 nitrogen and oxygen atoms in total. The van der Waals surface area contributed by atoms with Crippen molar-refractivity contribution in [1.82, 2.24) is 10.6 Å². The Balaban J connectivity index is 2.14. The minimum atomic E-state index is -0.890. The molecule has 20 heavy (non-hydrogen) atoms. The van der Waals surface area contributed by atoms with Crippen molar-refractivity contribution in [2.45, 2.75) is 19.8 Å². The van der Waals surface area contributed by atoms with Gasteiger partial charge in [0.25, 0.3) is 5.91 Å². The molecule has 0 aliphatic heterocycles. The minimum Gasteiger partial charge on any atom is -0.481 e. The van der Waals surface area contributed by atoms with Crippen molar-refractivity contribution in [2.75, 3.05) is 13.1 Å². The van der Waals surface area contributed by atoms with E-state index in [1.165, 1.54) is 18.6 Å². The van der Waals surface area contributed by atoms with Gasteiger partial charge in [0.15, 0.2) is 0 Å². The maximum absolute atomic E-state index is 11.5. The third-order valence-electron chi connectivity index (χ3n) is 2.59. The summed E-state index contributed by atoms with van der Waals surface area (Å²) in [5.41, 5.74) is 0.403. The van der Waals surface area contributed by atoms with E-state index in [1.54, 1.807) is 6.92 Å². The number of carboxylic acids is 1. The third-order valence-corrected chi connectivity index (χ3v) is 2.59. The second-order valence-corrected chi connectivity index (χ2v) is 4.53. The second kappa shape index (κ2) is 7.98. The van der Waals surface area contributed by atoms with Gasteiger partial charge in [0.1, 0.15) is 6.26 Å². The first-order valence-corrected chi connectivity index (χ1v) is 6.28. The molecular formula is C13H18N2O5. The minimum absolute atomic E-state index is 0.0114. The van der Waals surface area contributed by atoms with Gasteiger partial charge in [-0.2, -0.15) is 0 Å². The number of carboxylic acid groups (broad SMARTS) is 1. The molecular weight excluding hydrogens is 264 g/mol. The Labute approximate surface area is 116 Å². The van der Waals surface area contributed by atoms with E-state index in [0.717, 1.165) is 0 Å². The zero-order chi connectivity index (χ0) is 15.0. The number of rotatable bonds is 8. The van der Waals surface area contributed by atoms with Gasteiger partial charge in [0.2, 0.25) is 5.91 Å². The Morgan fingerprint density at radius 3 is 2.70 bits per heavy atom. The van der Waals surface area contributed by atoms with E-state index >= 15 is 0 Å². The van der Waals surface area contributed by atoms with Crippen LogP contribution in [0.25, 0.3) is 0 Å². The van der Waals surface area contributed by atoms with Crippen molar-refractivity contribution >= 4 is 17.8 Å². The van der Waals surface area contributed by atoms with Crippen molar-refractivity contribution in [3.8, 4) is 0 Å². The summed E-state index contributed by atoms with van der Waals surface area (Å²) in [4.78, 5) is 33.4. The molecule has 7 heteroatoms. The van der Waals surface area contributed by atoms with Crippen LogP contribution in [-0.2, 0) is 9.59 Å². The quantitative estimate of drug-likeness (QED) is 0.648. The smallest absolute Gasteiger partial charge is 0.303 e. The monoisotopic (exact) mass is 282 g/mol. The molecule has 0 saturated carbocycles. The number of aliphatic carboxylic acids is 1. The number of carbonyl (C=O) groups excluding carboxylic acids is 2. The van der Waals surface area contributed by atoms with Crippen molar-refractivity contribution < 1.29 is 23.9 Å². The van der Waals surface area contributed by atoms with Crippen LogP contribution in [0, 0.1) is 5.92 Å². The van der Waals surface area contributed by atoms with Crippen LogP contribution in [0.1, 0.15) is 30.1 Å². The zero-order valence-electron chi connectivity index (χ0n) is 11.2. The molecule has 0 saturated heterocycles. The third kappa shape index (κ3) is 6.03. The van der Waals surface area contributed by atoms with Gasteiger partial charge < -0.3 is 20.2 Å². The normalized spacial score (nSPS) is 11.7. The molecule has 1 atom stereocenters. The molecule has 1 unspecified atom stereocenters. The van der Waals surface area contributed by atoms with Gasteiger partial charge in [-0.1, -0.05) is 6.92 Å². The number of nitrogens with one attached hydrogen (secondary N) is 2. The van der Waals surface area contributed by atoms with Gasteiger partial charge in [-0.25, -0.2) is 0 Å². The largest absolute Gasteiger partial charge is 0.481 e. The van der Waals surface area contributed by atoms with Gasteiger partial charge >= 0.3 is 5.97 Å². The van der Waals surface area contributed by atoms with Crippen LogP contribution < -0.4 is 10.6 Å². The number of hydrogen-bond donors (Lipinski definition) is 3. The molecule has 0 fully saturated rings. The molecule has 2 amide bonds. The molecule has 1 rings (SSSR count). The topological polar surface area (TPSA) is 109 Å². The first kappa shape index (κ1) is 15.7.